The molecule has 62 valence electrons. The van der Waals surface area contributed by atoms with Crippen molar-refractivity contribution in [2.24, 2.45) is 23.7 Å². The van der Waals surface area contributed by atoms with E-state index in [0.717, 1.165) is 30.1 Å². The molecule has 3 rings (SSSR count). The van der Waals surface area contributed by atoms with Gasteiger partial charge in [-0.1, -0.05) is 0 Å². The molecule has 0 radical (unpaired) electrons. The van der Waals surface area contributed by atoms with Crippen LogP contribution >= 0.6 is 0 Å². The summed E-state index contributed by atoms with van der Waals surface area (Å²) in [7, 11) is 0. The van der Waals surface area contributed by atoms with E-state index in [9.17, 15) is 5.11 Å². The minimum absolute atomic E-state index is 0.0790. The van der Waals surface area contributed by atoms with Gasteiger partial charge in [0.15, 0.2) is 0 Å². The SMILES string of the molecule is O[C@@H]1CC[C@@H]2[C@H]3CC[C@@H](C3)[C@H]21. The molecule has 1 nitrogen and oxygen atoms in total. The van der Waals surface area contributed by atoms with E-state index >= 15 is 0 Å². The van der Waals surface area contributed by atoms with Crippen molar-refractivity contribution in [1.82, 2.24) is 0 Å². The molecule has 0 aromatic rings. The molecule has 1 heteroatoms. The van der Waals surface area contributed by atoms with E-state index in [4.69, 9.17) is 0 Å². The first-order valence-corrected chi connectivity index (χ1v) is 5.04. The van der Waals surface area contributed by atoms with Crippen LogP contribution in [0.1, 0.15) is 32.1 Å². The maximum Gasteiger partial charge on any atom is 0.0573 e. The summed E-state index contributed by atoms with van der Waals surface area (Å²) in [5.41, 5.74) is 0. The zero-order valence-corrected chi connectivity index (χ0v) is 6.87. The Balaban J connectivity index is 1.91. The summed E-state index contributed by atoms with van der Waals surface area (Å²) in [6.45, 7) is 0. The van der Waals surface area contributed by atoms with E-state index in [-0.39, 0.29) is 6.10 Å². The quantitative estimate of drug-likeness (QED) is 0.561. The van der Waals surface area contributed by atoms with Crippen LogP contribution in [0.3, 0.4) is 0 Å². The van der Waals surface area contributed by atoms with Crippen molar-refractivity contribution in [3.63, 3.8) is 0 Å². The summed E-state index contributed by atoms with van der Waals surface area (Å²) in [5.74, 6) is 3.60. The van der Waals surface area contributed by atoms with Crippen LogP contribution in [0.15, 0.2) is 0 Å². The number of aliphatic hydroxyl groups excluding tert-OH is 1. The molecule has 0 unspecified atom stereocenters. The number of rotatable bonds is 0. The van der Waals surface area contributed by atoms with Crippen molar-refractivity contribution in [1.29, 1.82) is 0 Å². The molecule has 5 atom stereocenters. The zero-order chi connectivity index (χ0) is 7.42. The molecule has 3 aliphatic rings. The summed E-state index contributed by atoms with van der Waals surface area (Å²) in [6.07, 6.45) is 6.85. The Kier molecular flexibility index (Phi) is 1.18. The third-order valence-electron chi connectivity index (χ3n) is 4.40. The lowest BCUT2D eigenvalue weighted by Crippen LogP contribution is -2.24. The van der Waals surface area contributed by atoms with Gasteiger partial charge in [-0.05, 0) is 55.8 Å². The second-order valence-corrected chi connectivity index (χ2v) is 4.72. The zero-order valence-electron chi connectivity index (χ0n) is 6.87. The molecule has 0 aromatic heterocycles. The molecule has 0 amide bonds. The monoisotopic (exact) mass is 152 g/mol. The fourth-order valence-electron chi connectivity index (χ4n) is 4.04. The Labute approximate surface area is 67.8 Å². The van der Waals surface area contributed by atoms with Crippen LogP contribution in [-0.2, 0) is 0 Å². The van der Waals surface area contributed by atoms with Crippen LogP contribution in [0.5, 0.6) is 0 Å². The van der Waals surface area contributed by atoms with Crippen molar-refractivity contribution >= 4 is 0 Å². The van der Waals surface area contributed by atoms with Gasteiger partial charge in [0.25, 0.3) is 0 Å². The molecule has 0 spiro atoms. The first-order valence-electron chi connectivity index (χ1n) is 5.04. The maximum atomic E-state index is 9.72. The third kappa shape index (κ3) is 0.703. The van der Waals surface area contributed by atoms with Crippen LogP contribution in [0, 0.1) is 23.7 Å². The van der Waals surface area contributed by atoms with Crippen LogP contribution in [0.25, 0.3) is 0 Å². The fourth-order valence-corrected chi connectivity index (χ4v) is 4.04. The van der Waals surface area contributed by atoms with Gasteiger partial charge in [0.1, 0.15) is 0 Å². The average Bonchev–Trinajstić information content (AvgIpc) is 2.60. The van der Waals surface area contributed by atoms with Crippen molar-refractivity contribution in [2.45, 2.75) is 38.2 Å². The normalized spacial score (nSPS) is 60.3. The lowest BCUT2D eigenvalue weighted by molar-refractivity contribution is 0.0863. The van der Waals surface area contributed by atoms with Crippen molar-refractivity contribution in [2.75, 3.05) is 0 Å². The molecular formula is C10H16O. The Morgan fingerprint density at radius 3 is 2.55 bits per heavy atom. The van der Waals surface area contributed by atoms with Crippen LogP contribution < -0.4 is 0 Å². The average molecular weight is 152 g/mol. The Morgan fingerprint density at radius 2 is 1.73 bits per heavy atom. The highest BCUT2D eigenvalue weighted by atomic mass is 16.3. The van der Waals surface area contributed by atoms with Gasteiger partial charge in [-0.3, -0.25) is 0 Å². The van der Waals surface area contributed by atoms with E-state index in [1.807, 2.05) is 0 Å². The van der Waals surface area contributed by atoms with Gasteiger partial charge in [0.2, 0.25) is 0 Å². The molecule has 2 bridgehead atoms. The number of fused-ring (bicyclic) bond motifs is 5. The van der Waals surface area contributed by atoms with Crippen LogP contribution in [-0.4, -0.2) is 11.2 Å². The second-order valence-electron chi connectivity index (χ2n) is 4.72. The lowest BCUT2D eigenvalue weighted by Gasteiger charge is -2.26. The van der Waals surface area contributed by atoms with E-state index in [0.29, 0.717) is 0 Å². The number of aliphatic hydroxyl groups is 1. The summed E-state index contributed by atoms with van der Waals surface area (Å²) >= 11 is 0. The van der Waals surface area contributed by atoms with Crippen molar-refractivity contribution < 1.29 is 5.11 Å². The highest BCUT2D eigenvalue weighted by molar-refractivity contribution is 5.02. The summed E-state index contributed by atoms with van der Waals surface area (Å²) in [4.78, 5) is 0. The minimum atomic E-state index is 0.0790. The largest absolute Gasteiger partial charge is 0.393 e. The summed E-state index contributed by atoms with van der Waals surface area (Å²) in [6, 6.07) is 0. The molecule has 0 aromatic carbocycles. The van der Waals surface area contributed by atoms with E-state index < -0.39 is 0 Å². The van der Waals surface area contributed by atoms with Gasteiger partial charge in [-0.2, -0.15) is 0 Å². The van der Waals surface area contributed by atoms with Gasteiger partial charge < -0.3 is 5.11 Å². The third-order valence-corrected chi connectivity index (χ3v) is 4.40. The highest BCUT2D eigenvalue weighted by Crippen LogP contribution is 2.58. The van der Waals surface area contributed by atoms with E-state index in [1.165, 1.54) is 25.7 Å². The number of hydrogen-bond acceptors (Lipinski definition) is 1. The molecule has 3 saturated carbocycles. The van der Waals surface area contributed by atoms with E-state index in [2.05, 4.69) is 0 Å². The smallest absolute Gasteiger partial charge is 0.0573 e. The lowest BCUT2D eigenvalue weighted by atomic mass is 9.81. The van der Waals surface area contributed by atoms with Crippen LogP contribution in [0.2, 0.25) is 0 Å². The molecule has 3 aliphatic carbocycles. The van der Waals surface area contributed by atoms with Gasteiger partial charge >= 0.3 is 0 Å². The number of hydrogen-bond donors (Lipinski definition) is 1. The van der Waals surface area contributed by atoms with Gasteiger partial charge in [0.05, 0.1) is 6.10 Å². The van der Waals surface area contributed by atoms with Crippen LogP contribution in [0.4, 0.5) is 0 Å². The van der Waals surface area contributed by atoms with Gasteiger partial charge in [-0.25, -0.2) is 0 Å². The van der Waals surface area contributed by atoms with E-state index in [1.54, 1.807) is 0 Å². The highest BCUT2D eigenvalue weighted by Gasteiger charge is 2.52. The first kappa shape index (κ1) is 6.47. The minimum Gasteiger partial charge on any atom is -0.393 e. The molecule has 0 aliphatic heterocycles. The molecular weight excluding hydrogens is 136 g/mol. The molecule has 3 fully saturated rings. The molecule has 11 heavy (non-hydrogen) atoms. The Bertz CT molecular complexity index is 178. The van der Waals surface area contributed by atoms with Crippen molar-refractivity contribution in [3.05, 3.63) is 0 Å². The predicted molar refractivity (Wildman–Crippen MR) is 43.1 cm³/mol. The maximum absolute atomic E-state index is 9.72. The molecule has 0 saturated heterocycles. The topological polar surface area (TPSA) is 20.2 Å². The Morgan fingerprint density at radius 1 is 0.909 bits per heavy atom. The predicted octanol–water partition coefficient (Wildman–Crippen LogP) is 1.80. The molecule has 0 heterocycles. The van der Waals surface area contributed by atoms with Gasteiger partial charge in [0, 0.05) is 0 Å². The van der Waals surface area contributed by atoms with Crippen molar-refractivity contribution in [3.8, 4) is 0 Å². The molecule has 1 N–H and O–H groups in total. The standard InChI is InChI=1S/C10H16O/c11-9-4-3-8-6-1-2-7(5-6)10(8)9/h6-11H,1-5H2/t6-,7-,8+,9+,10+/m0/s1. The first-order chi connectivity index (χ1) is 5.36. The van der Waals surface area contributed by atoms with Gasteiger partial charge in [-0.15, -0.1) is 0 Å². The Hall–Kier alpha value is -0.0400. The summed E-state index contributed by atoms with van der Waals surface area (Å²) < 4.78 is 0. The summed E-state index contributed by atoms with van der Waals surface area (Å²) in [5, 5.41) is 9.72. The second kappa shape index (κ2) is 2.01. The fraction of sp³-hybridized carbons (Fsp3) is 1.00.